The van der Waals surface area contributed by atoms with Gasteiger partial charge < -0.3 is 14.1 Å². The van der Waals surface area contributed by atoms with Crippen molar-refractivity contribution < 1.29 is 13.9 Å². The number of ether oxygens (including phenoxy) is 1. The van der Waals surface area contributed by atoms with Gasteiger partial charge in [-0.3, -0.25) is 4.79 Å². The molecule has 0 spiro atoms. The highest BCUT2D eigenvalue weighted by molar-refractivity contribution is 9.10. The molecule has 3 aromatic rings. The molecule has 1 unspecified atom stereocenters. The summed E-state index contributed by atoms with van der Waals surface area (Å²) in [6.07, 6.45) is 0. The molecule has 0 saturated heterocycles. The number of fused-ring (bicyclic) bond motifs is 2. The molecule has 0 fully saturated rings. The van der Waals surface area contributed by atoms with Crippen molar-refractivity contribution in [3.8, 4) is 0 Å². The van der Waals surface area contributed by atoms with E-state index >= 15 is 0 Å². The fourth-order valence-corrected chi connectivity index (χ4v) is 4.97. The number of halogens is 1. The van der Waals surface area contributed by atoms with E-state index in [1.165, 1.54) is 4.57 Å². The van der Waals surface area contributed by atoms with Gasteiger partial charge in [0.25, 0.3) is 5.91 Å². The molecule has 4 rings (SSSR count). The predicted octanol–water partition coefficient (Wildman–Crippen LogP) is 5.39. The zero-order valence-electron chi connectivity index (χ0n) is 18.3. The van der Waals surface area contributed by atoms with Gasteiger partial charge in [0.1, 0.15) is 6.73 Å². The summed E-state index contributed by atoms with van der Waals surface area (Å²) in [6, 6.07) is 12.5. The van der Waals surface area contributed by atoms with Crippen LogP contribution in [0.3, 0.4) is 0 Å². The Morgan fingerprint density at radius 3 is 2.65 bits per heavy atom. The van der Waals surface area contributed by atoms with E-state index in [0.717, 1.165) is 27.2 Å². The first-order valence-corrected chi connectivity index (χ1v) is 14.9. The van der Waals surface area contributed by atoms with Crippen LogP contribution in [0.4, 0.5) is 0 Å². The molecule has 6 nitrogen and oxygen atoms in total. The second kappa shape index (κ2) is 8.41. The highest BCUT2D eigenvalue weighted by atomic mass is 79.9. The normalized spacial score (nSPS) is 16.4. The number of benzene rings is 2. The minimum atomic E-state index is -1.18. The third kappa shape index (κ3) is 4.56. The topological polar surface area (TPSA) is 64.7 Å². The number of rotatable bonds is 7. The van der Waals surface area contributed by atoms with Gasteiger partial charge >= 0.3 is 5.76 Å². The largest absolute Gasteiger partial charge is 0.421 e. The van der Waals surface area contributed by atoms with Crippen LogP contribution in [-0.4, -0.2) is 30.1 Å². The standard InChI is InChI=1S/C23H27BrN2O4Si/c1-15-18-7-6-17(24)12-19(18)22(27)25(15)13-16-5-8-20-21(11-16)30-23(28)26(20)14-29-9-10-31(2,3)4/h5-8,11-12,15H,9-10,13-14H2,1-4H3. The van der Waals surface area contributed by atoms with Crippen LogP contribution in [0.25, 0.3) is 11.1 Å². The molecule has 0 N–H and O–H groups in total. The van der Waals surface area contributed by atoms with Crippen molar-refractivity contribution in [2.75, 3.05) is 6.61 Å². The van der Waals surface area contributed by atoms with Crippen LogP contribution in [-0.2, 0) is 18.0 Å². The number of carbonyl (C=O) groups is 1. The van der Waals surface area contributed by atoms with Crippen molar-refractivity contribution in [1.82, 2.24) is 9.47 Å². The minimum absolute atomic E-state index is 0.0114. The maximum atomic E-state index is 12.9. The number of oxazole rings is 1. The summed E-state index contributed by atoms with van der Waals surface area (Å²) in [4.78, 5) is 27.1. The number of amides is 1. The molecule has 1 aliphatic heterocycles. The van der Waals surface area contributed by atoms with E-state index in [1.54, 1.807) is 0 Å². The summed E-state index contributed by atoms with van der Waals surface area (Å²) < 4.78 is 13.6. The fourth-order valence-electron chi connectivity index (χ4n) is 3.85. The van der Waals surface area contributed by atoms with Crippen molar-refractivity contribution in [3.05, 3.63) is 68.1 Å². The number of aromatic nitrogens is 1. The zero-order chi connectivity index (χ0) is 22.3. The summed E-state index contributed by atoms with van der Waals surface area (Å²) in [7, 11) is -1.18. The van der Waals surface area contributed by atoms with Gasteiger partial charge in [-0.15, -0.1) is 0 Å². The third-order valence-electron chi connectivity index (χ3n) is 5.73. The van der Waals surface area contributed by atoms with Gasteiger partial charge in [-0.05, 0) is 48.4 Å². The van der Waals surface area contributed by atoms with Crippen LogP contribution in [0.15, 0.2) is 50.1 Å². The van der Waals surface area contributed by atoms with E-state index in [0.29, 0.717) is 24.3 Å². The number of hydrogen-bond acceptors (Lipinski definition) is 4. The molecule has 1 aromatic heterocycles. The average Bonchev–Trinajstić information content (AvgIpc) is 3.12. The Bertz CT molecular complexity index is 1190. The maximum Gasteiger partial charge on any atom is 0.421 e. The smallest absolute Gasteiger partial charge is 0.408 e. The molecule has 2 heterocycles. The molecule has 2 aromatic carbocycles. The Balaban J connectivity index is 1.50. The van der Waals surface area contributed by atoms with Gasteiger partial charge in [0.2, 0.25) is 0 Å². The molecule has 1 atom stereocenters. The summed E-state index contributed by atoms with van der Waals surface area (Å²) >= 11 is 3.44. The average molecular weight is 503 g/mol. The first-order chi connectivity index (χ1) is 14.6. The summed E-state index contributed by atoms with van der Waals surface area (Å²) in [5.41, 5.74) is 3.89. The highest BCUT2D eigenvalue weighted by Crippen LogP contribution is 2.36. The fraction of sp³-hybridized carbons (Fsp3) is 0.391. The SMILES string of the molecule is CC1c2ccc(Br)cc2C(=O)N1Cc1ccc2c(c1)oc(=O)n2COCC[Si](C)(C)C. The van der Waals surface area contributed by atoms with Gasteiger partial charge in [-0.2, -0.15) is 0 Å². The lowest BCUT2D eigenvalue weighted by Crippen LogP contribution is -2.26. The minimum Gasteiger partial charge on any atom is -0.408 e. The second-order valence-electron chi connectivity index (χ2n) is 9.29. The molecule has 0 saturated carbocycles. The van der Waals surface area contributed by atoms with Crippen molar-refractivity contribution in [2.45, 2.75) is 51.9 Å². The van der Waals surface area contributed by atoms with Crippen LogP contribution in [0.1, 0.15) is 34.5 Å². The molecule has 31 heavy (non-hydrogen) atoms. The highest BCUT2D eigenvalue weighted by Gasteiger charge is 2.33. The van der Waals surface area contributed by atoms with E-state index in [4.69, 9.17) is 9.15 Å². The predicted molar refractivity (Wildman–Crippen MR) is 127 cm³/mol. The molecule has 1 amide bonds. The zero-order valence-corrected chi connectivity index (χ0v) is 20.9. The van der Waals surface area contributed by atoms with Gasteiger partial charge in [-0.25, -0.2) is 9.36 Å². The quantitative estimate of drug-likeness (QED) is 0.321. The van der Waals surface area contributed by atoms with Crippen LogP contribution in [0.5, 0.6) is 0 Å². The Kier molecular flexibility index (Phi) is 5.98. The van der Waals surface area contributed by atoms with E-state index in [2.05, 4.69) is 35.6 Å². The molecule has 0 radical (unpaired) electrons. The van der Waals surface area contributed by atoms with Crippen LogP contribution >= 0.6 is 15.9 Å². The van der Waals surface area contributed by atoms with Crippen molar-refractivity contribution in [2.24, 2.45) is 0 Å². The van der Waals surface area contributed by atoms with Crippen LogP contribution < -0.4 is 5.76 Å². The van der Waals surface area contributed by atoms with Crippen LogP contribution in [0.2, 0.25) is 25.7 Å². The van der Waals surface area contributed by atoms with E-state index in [-0.39, 0.29) is 18.7 Å². The Hall–Kier alpha value is -2.16. The summed E-state index contributed by atoms with van der Waals surface area (Å²) in [5.74, 6) is -0.415. The Morgan fingerprint density at radius 2 is 1.90 bits per heavy atom. The number of hydrogen-bond donors (Lipinski definition) is 0. The molecule has 0 bridgehead atoms. The second-order valence-corrected chi connectivity index (χ2v) is 15.8. The first-order valence-electron chi connectivity index (χ1n) is 10.4. The molecule has 1 aliphatic rings. The lowest BCUT2D eigenvalue weighted by atomic mass is 10.1. The van der Waals surface area contributed by atoms with Gasteiger partial charge in [-0.1, -0.05) is 47.7 Å². The Morgan fingerprint density at radius 1 is 1.13 bits per heavy atom. The number of carbonyl (C=O) groups excluding carboxylic acids is 1. The van der Waals surface area contributed by atoms with Gasteiger partial charge in [0.05, 0.1) is 11.6 Å². The third-order valence-corrected chi connectivity index (χ3v) is 7.92. The molecular formula is C23H27BrN2O4Si. The van der Waals surface area contributed by atoms with Gasteiger partial charge in [0, 0.05) is 31.3 Å². The molecular weight excluding hydrogens is 476 g/mol. The Labute approximate surface area is 190 Å². The lowest BCUT2D eigenvalue weighted by Gasteiger charge is -2.22. The molecule has 164 valence electrons. The summed E-state index contributed by atoms with van der Waals surface area (Å²) in [6.45, 7) is 10.2. The first kappa shape index (κ1) is 22.0. The van der Waals surface area contributed by atoms with E-state index in [1.807, 2.05) is 48.2 Å². The maximum absolute atomic E-state index is 12.9. The molecule has 0 aliphatic carbocycles. The van der Waals surface area contributed by atoms with Crippen molar-refractivity contribution >= 4 is 41.0 Å². The van der Waals surface area contributed by atoms with Crippen molar-refractivity contribution in [3.63, 3.8) is 0 Å². The van der Waals surface area contributed by atoms with E-state index in [9.17, 15) is 9.59 Å². The van der Waals surface area contributed by atoms with E-state index < -0.39 is 13.8 Å². The van der Waals surface area contributed by atoms with Crippen LogP contribution in [0, 0.1) is 0 Å². The lowest BCUT2D eigenvalue weighted by molar-refractivity contribution is 0.0723. The monoisotopic (exact) mass is 502 g/mol. The van der Waals surface area contributed by atoms with Crippen molar-refractivity contribution in [1.29, 1.82) is 0 Å². The number of nitrogens with zero attached hydrogens (tertiary/aromatic N) is 2. The summed E-state index contributed by atoms with van der Waals surface area (Å²) in [5, 5.41) is 0. The molecule has 8 heteroatoms. The van der Waals surface area contributed by atoms with Gasteiger partial charge in [0.15, 0.2) is 5.58 Å².